The van der Waals surface area contributed by atoms with Crippen LogP contribution >= 0.6 is 11.6 Å². The summed E-state index contributed by atoms with van der Waals surface area (Å²) in [6, 6.07) is 2.66. The van der Waals surface area contributed by atoms with Crippen LogP contribution in [0.25, 0.3) is 11.5 Å². The molecule has 1 aliphatic carbocycles. The smallest absolute Gasteiger partial charge is 0.324 e. The lowest BCUT2D eigenvalue weighted by molar-refractivity contribution is -0.117. The van der Waals surface area contributed by atoms with Crippen molar-refractivity contribution in [3.8, 4) is 5.82 Å². The third-order valence-electron chi connectivity index (χ3n) is 6.44. The third kappa shape index (κ3) is 3.71. The van der Waals surface area contributed by atoms with Crippen LogP contribution in [-0.4, -0.2) is 50.3 Å². The van der Waals surface area contributed by atoms with Gasteiger partial charge in [-0.25, -0.2) is 19.2 Å². The van der Waals surface area contributed by atoms with Gasteiger partial charge in [0.25, 0.3) is 0 Å². The molecule has 1 amide bonds. The number of hydrogen-bond acceptors (Lipinski definition) is 7. The van der Waals surface area contributed by atoms with E-state index in [1.165, 1.54) is 52.6 Å². The quantitative estimate of drug-likeness (QED) is 0.370. The lowest BCUT2D eigenvalue weighted by Crippen LogP contribution is -2.25. The molecule has 0 unspecified atom stereocenters. The third-order valence-corrected chi connectivity index (χ3v) is 6.72. The van der Waals surface area contributed by atoms with E-state index in [4.69, 9.17) is 11.6 Å². The van der Waals surface area contributed by atoms with Gasteiger partial charge in [-0.15, -0.1) is 9.90 Å². The van der Waals surface area contributed by atoms with Crippen molar-refractivity contribution in [1.82, 2.24) is 44.4 Å². The Hall–Kier alpha value is -4.33. The lowest BCUT2D eigenvalue weighted by Gasteiger charge is -2.24. The number of halogens is 4. The highest BCUT2D eigenvalue weighted by atomic mass is 35.5. The normalized spacial score (nSPS) is 19.0. The number of hydrogen-bond donors (Lipinski definition) is 1. The Labute approximate surface area is 210 Å². The molecule has 5 aromatic rings. The Morgan fingerprint density at radius 3 is 2.65 bits per heavy atom. The first-order valence-corrected chi connectivity index (χ1v) is 11.3. The van der Waals surface area contributed by atoms with Crippen LogP contribution in [-0.2, 0) is 10.2 Å². The second kappa shape index (κ2) is 8.37. The van der Waals surface area contributed by atoms with Crippen molar-refractivity contribution in [2.24, 2.45) is 0 Å². The van der Waals surface area contributed by atoms with Gasteiger partial charge in [-0.2, -0.15) is 28.5 Å². The molecule has 5 heterocycles. The monoisotopic (exact) mass is 528 g/mol. The average Bonchev–Trinajstić information content (AvgIpc) is 3.64. The van der Waals surface area contributed by atoms with Gasteiger partial charge in [0.2, 0.25) is 11.9 Å². The zero-order valence-electron chi connectivity index (χ0n) is 18.9. The Bertz CT molecular complexity index is 1650. The maximum absolute atomic E-state index is 14.1. The fourth-order valence-electron chi connectivity index (χ4n) is 4.76. The van der Waals surface area contributed by atoms with Crippen LogP contribution in [0.4, 0.5) is 18.9 Å². The summed E-state index contributed by atoms with van der Waals surface area (Å²) in [5, 5.41) is 18.6. The molecule has 5 aromatic heterocycles. The summed E-state index contributed by atoms with van der Waals surface area (Å²) in [4.78, 5) is 23.2. The molecule has 6 rings (SSSR count). The van der Waals surface area contributed by atoms with Crippen molar-refractivity contribution in [3.63, 3.8) is 0 Å². The Balaban J connectivity index is 1.38. The minimum atomic E-state index is -2.84. The molecule has 0 saturated heterocycles. The van der Waals surface area contributed by atoms with E-state index in [0.29, 0.717) is 27.2 Å². The predicted molar refractivity (Wildman–Crippen MR) is 123 cm³/mol. The molecule has 0 spiro atoms. The number of alkyl halides is 2. The maximum atomic E-state index is 14.1. The number of nitrogens with one attached hydrogen (secondary N) is 1. The van der Waals surface area contributed by atoms with Gasteiger partial charge in [-0.05, 0) is 19.4 Å². The first kappa shape index (κ1) is 23.1. The standard InChI is InChI=1S/C22H16ClF3N10O/c1-22(11-7-31-34(10-11)21(25)26)6-13(14-9-27-17-5-16(24)33-35(17)18(14)22)20(37)32-12-4-15(23)19(28-8-12)36-29-2-3-30-36/h2-5,7-10,13,21H,6H2,1H3,(H,32,37)/t13-,22-/m0/s1. The van der Waals surface area contributed by atoms with Crippen LogP contribution in [0.3, 0.4) is 0 Å². The molecule has 2 atom stereocenters. The van der Waals surface area contributed by atoms with Crippen molar-refractivity contribution in [3.05, 3.63) is 77.1 Å². The van der Waals surface area contributed by atoms with Crippen LogP contribution in [0.1, 0.15) is 42.6 Å². The van der Waals surface area contributed by atoms with E-state index in [0.717, 1.165) is 6.07 Å². The van der Waals surface area contributed by atoms with Crippen LogP contribution < -0.4 is 5.32 Å². The first-order chi connectivity index (χ1) is 17.7. The van der Waals surface area contributed by atoms with Gasteiger partial charge in [-0.1, -0.05) is 11.6 Å². The predicted octanol–water partition coefficient (Wildman–Crippen LogP) is 3.52. The van der Waals surface area contributed by atoms with Crippen molar-refractivity contribution in [2.75, 3.05) is 5.32 Å². The minimum absolute atomic E-state index is 0.168. The van der Waals surface area contributed by atoms with Crippen molar-refractivity contribution in [1.29, 1.82) is 0 Å². The fourth-order valence-corrected chi connectivity index (χ4v) is 5.00. The van der Waals surface area contributed by atoms with Crippen molar-refractivity contribution < 1.29 is 18.0 Å². The SMILES string of the molecule is C[C@@]1(c2cnn(C(F)F)c2)C[C@H](C(=O)Nc2cnc(-n3nccn3)c(Cl)c2)c2cnc3cc(F)nn3c21. The molecule has 0 aliphatic heterocycles. The molecule has 0 radical (unpaired) electrons. The summed E-state index contributed by atoms with van der Waals surface area (Å²) in [5.74, 6) is -1.66. The number of pyridine rings is 1. The number of carbonyl (C=O) groups is 1. The zero-order chi connectivity index (χ0) is 25.9. The summed E-state index contributed by atoms with van der Waals surface area (Å²) in [6.45, 7) is -1.07. The van der Waals surface area contributed by atoms with E-state index < -0.39 is 29.7 Å². The van der Waals surface area contributed by atoms with Gasteiger partial charge in [0.05, 0.1) is 47.1 Å². The molecule has 0 bridgehead atoms. The Morgan fingerprint density at radius 1 is 1.16 bits per heavy atom. The summed E-state index contributed by atoms with van der Waals surface area (Å²) in [7, 11) is 0. The second-order valence-corrected chi connectivity index (χ2v) is 9.12. The zero-order valence-corrected chi connectivity index (χ0v) is 19.7. The van der Waals surface area contributed by atoms with Crippen LogP contribution in [0, 0.1) is 5.95 Å². The van der Waals surface area contributed by atoms with E-state index in [2.05, 4.69) is 35.7 Å². The van der Waals surface area contributed by atoms with Crippen molar-refractivity contribution >= 4 is 28.8 Å². The van der Waals surface area contributed by atoms with E-state index in [1.54, 1.807) is 6.92 Å². The van der Waals surface area contributed by atoms with Gasteiger partial charge in [0.1, 0.15) is 0 Å². The highest BCUT2D eigenvalue weighted by Crippen LogP contribution is 2.50. The first-order valence-electron chi connectivity index (χ1n) is 10.9. The number of aromatic nitrogens is 9. The van der Waals surface area contributed by atoms with E-state index in [1.807, 2.05) is 0 Å². The molecule has 15 heteroatoms. The second-order valence-electron chi connectivity index (χ2n) is 8.71. The minimum Gasteiger partial charge on any atom is -0.324 e. The van der Waals surface area contributed by atoms with Gasteiger partial charge in [0, 0.05) is 35.0 Å². The van der Waals surface area contributed by atoms with E-state index in [9.17, 15) is 18.0 Å². The molecule has 0 aromatic carbocycles. The van der Waals surface area contributed by atoms with Crippen LogP contribution in [0.2, 0.25) is 5.02 Å². The number of fused-ring (bicyclic) bond motifs is 3. The van der Waals surface area contributed by atoms with E-state index in [-0.39, 0.29) is 22.9 Å². The Morgan fingerprint density at radius 2 is 1.95 bits per heavy atom. The van der Waals surface area contributed by atoms with Crippen molar-refractivity contribution in [2.45, 2.75) is 31.2 Å². The topological polar surface area (TPSA) is 121 Å². The highest BCUT2D eigenvalue weighted by Gasteiger charge is 2.48. The molecule has 188 valence electrons. The molecule has 1 aliphatic rings. The summed E-state index contributed by atoms with van der Waals surface area (Å²) in [5.41, 5.74) is 0.918. The number of nitrogens with zero attached hydrogens (tertiary/aromatic N) is 9. The molecule has 11 nitrogen and oxygen atoms in total. The molecule has 0 saturated carbocycles. The number of amides is 1. The summed E-state index contributed by atoms with van der Waals surface area (Å²) in [6.07, 6.45) is 8.54. The van der Waals surface area contributed by atoms with Gasteiger partial charge in [0.15, 0.2) is 11.5 Å². The summed E-state index contributed by atoms with van der Waals surface area (Å²) < 4.78 is 42.5. The van der Waals surface area contributed by atoms with Gasteiger partial charge >= 0.3 is 6.55 Å². The largest absolute Gasteiger partial charge is 0.333 e. The van der Waals surface area contributed by atoms with E-state index >= 15 is 0 Å². The molecule has 1 N–H and O–H groups in total. The Kier molecular flexibility index (Phi) is 5.22. The van der Waals surface area contributed by atoms with Crippen LogP contribution in [0.15, 0.2) is 49.3 Å². The summed E-state index contributed by atoms with van der Waals surface area (Å²) >= 11 is 6.32. The average molecular weight is 529 g/mol. The highest BCUT2D eigenvalue weighted by molar-refractivity contribution is 6.32. The van der Waals surface area contributed by atoms with Gasteiger partial charge < -0.3 is 5.32 Å². The van der Waals surface area contributed by atoms with Gasteiger partial charge in [-0.3, -0.25) is 4.79 Å². The maximum Gasteiger partial charge on any atom is 0.333 e. The number of rotatable bonds is 5. The van der Waals surface area contributed by atoms with Crippen LogP contribution in [0.5, 0.6) is 0 Å². The fraction of sp³-hybridized carbons (Fsp3) is 0.227. The number of carbonyl (C=O) groups excluding carboxylic acids is 1. The molecule has 37 heavy (non-hydrogen) atoms. The lowest BCUT2D eigenvalue weighted by atomic mass is 9.80. The molecular weight excluding hydrogens is 513 g/mol. The molecular formula is C22H16ClF3N10O. The number of anilines is 1. The molecule has 0 fully saturated rings.